The van der Waals surface area contributed by atoms with Crippen molar-refractivity contribution in [3.63, 3.8) is 0 Å². The Labute approximate surface area is 200 Å². The van der Waals surface area contributed by atoms with Crippen LogP contribution in [-0.4, -0.2) is 64.8 Å². The average Bonchev–Trinajstić information content (AvgIpc) is 3.56. The van der Waals surface area contributed by atoms with Crippen LogP contribution in [0.1, 0.15) is 40.4 Å². The van der Waals surface area contributed by atoms with Gasteiger partial charge < -0.3 is 14.5 Å². The van der Waals surface area contributed by atoms with Gasteiger partial charge in [-0.15, -0.1) is 5.10 Å². The number of morpholine rings is 1. The Morgan fingerprint density at radius 1 is 1.00 bits per heavy atom. The van der Waals surface area contributed by atoms with Crippen molar-refractivity contribution in [1.82, 2.24) is 19.5 Å². The summed E-state index contributed by atoms with van der Waals surface area (Å²) in [4.78, 5) is 21.6. The molecular weight excluding hydrogens is 459 g/mol. The number of anilines is 1. The number of carbonyl (C=O) groups excluding carboxylic acids is 1. The van der Waals surface area contributed by atoms with E-state index in [1.807, 2.05) is 12.1 Å². The Balaban J connectivity index is 1.15. The van der Waals surface area contributed by atoms with Crippen molar-refractivity contribution in [2.45, 2.75) is 24.9 Å². The number of hydrogen-bond acceptors (Lipinski definition) is 5. The van der Waals surface area contributed by atoms with Gasteiger partial charge in [0.15, 0.2) is 5.65 Å². The van der Waals surface area contributed by atoms with Gasteiger partial charge in [-0.2, -0.15) is 13.2 Å². The van der Waals surface area contributed by atoms with Crippen LogP contribution >= 0.6 is 0 Å². The van der Waals surface area contributed by atoms with Crippen LogP contribution in [0.25, 0.3) is 5.65 Å². The minimum absolute atomic E-state index is 0.127. The predicted octanol–water partition coefficient (Wildman–Crippen LogP) is 3.85. The Morgan fingerprint density at radius 2 is 1.71 bits per heavy atom. The van der Waals surface area contributed by atoms with Crippen molar-refractivity contribution in [1.29, 1.82) is 0 Å². The molecule has 10 heteroatoms. The van der Waals surface area contributed by atoms with E-state index in [4.69, 9.17) is 4.74 Å². The average molecular weight is 486 g/mol. The zero-order valence-corrected chi connectivity index (χ0v) is 19.1. The smallest absolute Gasteiger partial charge is 0.378 e. The zero-order chi connectivity index (χ0) is 24.2. The van der Waals surface area contributed by atoms with Gasteiger partial charge in [-0.05, 0) is 54.4 Å². The highest BCUT2D eigenvalue weighted by molar-refractivity contribution is 5.93. The van der Waals surface area contributed by atoms with E-state index < -0.39 is 11.7 Å². The van der Waals surface area contributed by atoms with Crippen molar-refractivity contribution >= 4 is 17.4 Å². The first-order chi connectivity index (χ1) is 16.9. The lowest BCUT2D eigenvalue weighted by molar-refractivity contribution is -0.138. The fourth-order valence-corrected chi connectivity index (χ4v) is 5.93. The van der Waals surface area contributed by atoms with Crippen LogP contribution in [0.2, 0.25) is 0 Å². The summed E-state index contributed by atoms with van der Waals surface area (Å²) >= 11 is 0. The van der Waals surface area contributed by atoms with Gasteiger partial charge in [0.05, 0.1) is 25.0 Å². The van der Waals surface area contributed by atoms with Crippen LogP contribution in [-0.2, 0) is 10.9 Å². The molecule has 1 saturated carbocycles. The third-order valence-electron chi connectivity index (χ3n) is 7.60. The summed E-state index contributed by atoms with van der Waals surface area (Å²) in [7, 11) is 0. The molecular formula is C25H26F3N5O2. The number of hydrogen-bond donors (Lipinski definition) is 0. The van der Waals surface area contributed by atoms with E-state index in [0.29, 0.717) is 56.0 Å². The van der Waals surface area contributed by atoms with E-state index in [0.717, 1.165) is 18.9 Å². The summed E-state index contributed by atoms with van der Waals surface area (Å²) in [6, 6.07) is 9.65. The Bertz CT molecular complexity index is 1240. The van der Waals surface area contributed by atoms with E-state index >= 15 is 0 Å². The molecule has 6 rings (SSSR count). The van der Waals surface area contributed by atoms with E-state index in [2.05, 4.69) is 15.0 Å². The van der Waals surface area contributed by atoms with Crippen molar-refractivity contribution < 1.29 is 22.7 Å². The Hall–Kier alpha value is -3.14. The number of ether oxygens (including phenoxy) is 1. The van der Waals surface area contributed by atoms with E-state index in [9.17, 15) is 18.0 Å². The molecule has 4 heterocycles. The van der Waals surface area contributed by atoms with Gasteiger partial charge in [-0.1, -0.05) is 18.2 Å². The normalized spacial score (nSPS) is 24.8. The van der Waals surface area contributed by atoms with Crippen LogP contribution in [0.15, 0.2) is 42.6 Å². The lowest BCUT2D eigenvalue weighted by atomic mass is 9.91. The molecule has 3 aliphatic rings. The fraction of sp³-hybridized carbons (Fsp3) is 0.480. The Kier molecular flexibility index (Phi) is 5.43. The molecule has 0 unspecified atom stereocenters. The molecule has 0 spiro atoms. The van der Waals surface area contributed by atoms with Gasteiger partial charge in [0.25, 0.3) is 5.91 Å². The molecule has 7 nitrogen and oxygen atoms in total. The first kappa shape index (κ1) is 22.3. The van der Waals surface area contributed by atoms with Gasteiger partial charge in [-0.25, -0.2) is 9.50 Å². The molecule has 0 bridgehead atoms. The summed E-state index contributed by atoms with van der Waals surface area (Å²) in [5.41, 5.74) is 0.797. The zero-order valence-electron chi connectivity index (χ0n) is 19.1. The van der Waals surface area contributed by atoms with Crippen molar-refractivity contribution in [2.75, 3.05) is 44.3 Å². The van der Waals surface area contributed by atoms with Gasteiger partial charge >= 0.3 is 6.18 Å². The minimum Gasteiger partial charge on any atom is -0.378 e. The van der Waals surface area contributed by atoms with Gasteiger partial charge in [-0.3, -0.25) is 4.79 Å². The van der Waals surface area contributed by atoms with Gasteiger partial charge in [0, 0.05) is 26.2 Å². The summed E-state index contributed by atoms with van der Waals surface area (Å²) in [6.45, 7) is 3.96. The van der Waals surface area contributed by atoms with Gasteiger partial charge in [0.2, 0.25) is 0 Å². The van der Waals surface area contributed by atoms with Crippen LogP contribution in [0.3, 0.4) is 0 Å². The molecule has 3 aromatic rings. The second kappa shape index (κ2) is 8.51. The van der Waals surface area contributed by atoms with Crippen molar-refractivity contribution in [3.05, 3.63) is 59.4 Å². The number of imidazole rings is 1. The molecule has 184 valence electrons. The maximum Gasteiger partial charge on any atom is 0.416 e. The predicted molar refractivity (Wildman–Crippen MR) is 122 cm³/mol. The molecule has 3 fully saturated rings. The number of benzene rings is 1. The lowest BCUT2D eigenvalue weighted by Crippen LogP contribution is -2.36. The number of amides is 1. The highest BCUT2D eigenvalue weighted by Gasteiger charge is 2.45. The second-order valence-corrected chi connectivity index (χ2v) is 9.70. The summed E-state index contributed by atoms with van der Waals surface area (Å²) in [5, 5.41) is 4.62. The fourth-order valence-electron chi connectivity index (χ4n) is 5.93. The standard InChI is InChI=1S/C25H26F3N5O2/c26-25(27,28)20-4-2-1-3-19(20)16-11-17-13-32(14-18(17)12-16)24(34)21-15-33-22(29-21)5-6-23(30-33)31-7-9-35-10-8-31/h1-6,15-18H,7-14H2/t16-,17+,18-. The van der Waals surface area contributed by atoms with Crippen LogP contribution in [0, 0.1) is 11.8 Å². The number of halogens is 3. The number of nitrogens with zero attached hydrogens (tertiary/aromatic N) is 5. The molecule has 2 saturated heterocycles. The molecule has 1 amide bonds. The number of fused-ring (bicyclic) bond motifs is 2. The number of alkyl halides is 3. The lowest BCUT2D eigenvalue weighted by Gasteiger charge is -2.27. The summed E-state index contributed by atoms with van der Waals surface area (Å²) in [5.74, 6) is 0.947. The molecule has 0 N–H and O–H groups in total. The number of likely N-dealkylation sites (tertiary alicyclic amines) is 1. The van der Waals surface area contributed by atoms with Crippen molar-refractivity contribution in [2.24, 2.45) is 11.8 Å². The first-order valence-electron chi connectivity index (χ1n) is 12.0. The maximum absolute atomic E-state index is 13.5. The summed E-state index contributed by atoms with van der Waals surface area (Å²) < 4.78 is 47.5. The van der Waals surface area contributed by atoms with Crippen LogP contribution in [0.5, 0.6) is 0 Å². The number of aromatic nitrogens is 3. The number of carbonyl (C=O) groups is 1. The van der Waals surface area contributed by atoms with Gasteiger partial charge in [0.1, 0.15) is 11.5 Å². The molecule has 2 aromatic heterocycles. The van der Waals surface area contributed by atoms with E-state index in [-0.39, 0.29) is 23.7 Å². The maximum atomic E-state index is 13.5. The molecule has 1 aliphatic carbocycles. The number of rotatable bonds is 3. The molecule has 1 aromatic carbocycles. The molecule has 0 radical (unpaired) electrons. The molecule has 3 atom stereocenters. The monoisotopic (exact) mass is 485 g/mol. The SMILES string of the molecule is O=C(c1cn2nc(N3CCOCC3)ccc2n1)N1C[C@H]2C[C@H](c3ccccc3C(F)(F)F)C[C@H]2C1. The largest absolute Gasteiger partial charge is 0.416 e. The van der Waals surface area contributed by atoms with Crippen LogP contribution in [0.4, 0.5) is 19.0 Å². The second-order valence-electron chi connectivity index (χ2n) is 9.70. The molecule has 2 aliphatic heterocycles. The molecule has 35 heavy (non-hydrogen) atoms. The third-order valence-corrected chi connectivity index (χ3v) is 7.60. The Morgan fingerprint density at radius 3 is 2.43 bits per heavy atom. The quantitative estimate of drug-likeness (QED) is 0.564. The minimum atomic E-state index is -4.35. The summed E-state index contributed by atoms with van der Waals surface area (Å²) in [6.07, 6.45) is -1.36. The van der Waals surface area contributed by atoms with E-state index in [1.165, 1.54) is 12.1 Å². The highest BCUT2D eigenvalue weighted by Crippen LogP contribution is 2.49. The van der Waals surface area contributed by atoms with E-state index in [1.54, 1.807) is 27.7 Å². The first-order valence-corrected chi connectivity index (χ1v) is 12.0. The third kappa shape index (κ3) is 4.13. The topological polar surface area (TPSA) is 63.0 Å². The van der Waals surface area contributed by atoms with Crippen LogP contribution < -0.4 is 4.90 Å². The van der Waals surface area contributed by atoms with Crippen molar-refractivity contribution in [3.8, 4) is 0 Å². The highest BCUT2D eigenvalue weighted by atomic mass is 19.4.